The van der Waals surface area contributed by atoms with Crippen molar-refractivity contribution in [2.24, 2.45) is 0 Å². The molecule has 1 heterocycles. The SMILES string of the molecule is CCNCC1CCCCN1CCCS(C)(=O)=O. The van der Waals surface area contributed by atoms with Gasteiger partial charge in [0.2, 0.25) is 0 Å². The van der Waals surface area contributed by atoms with Gasteiger partial charge in [-0.25, -0.2) is 8.42 Å². The summed E-state index contributed by atoms with van der Waals surface area (Å²) in [4.78, 5) is 2.46. The van der Waals surface area contributed by atoms with Crippen LogP contribution in [-0.2, 0) is 9.84 Å². The summed E-state index contributed by atoms with van der Waals surface area (Å²) in [7, 11) is -2.80. The predicted molar refractivity (Wildman–Crippen MR) is 72.1 cm³/mol. The summed E-state index contributed by atoms with van der Waals surface area (Å²) in [5.41, 5.74) is 0. The van der Waals surface area contributed by atoms with Crippen molar-refractivity contribution in [2.45, 2.75) is 38.6 Å². The molecular weight excluding hydrogens is 236 g/mol. The second-order valence-corrected chi connectivity index (χ2v) is 7.24. The van der Waals surface area contributed by atoms with Crippen molar-refractivity contribution < 1.29 is 8.42 Å². The molecular formula is C12H26N2O2S. The Kier molecular flexibility index (Phi) is 6.44. The zero-order valence-corrected chi connectivity index (χ0v) is 11.9. The van der Waals surface area contributed by atoms with E-state index in [0.29, 0.717) is 11.8 Å². The number of nitrogens with one attached hydrogen (secondary N) is 1. The molecule has 0 radical (unpaired) electrons. The van der Waals surface area contributed by atoms with Crippen LogP contribution in [0.25, 0.3) is 0 Å². The highest BCUT2D eigenvalue weighted by molar-refractivity contribution is 7.90. The molecule has 1 saturated heterocycles. The first kappa shape index (κ1) is 14.9. The predicted octanol–water partition coefficient (Wildman–Crippen LogP) is 0.885. The summed E-state index contributed by atoms with van der Waals surface area (Å²) in [6, 6.07) is 0.600. The second kappa shape index (κ2) is 7.34. The van der Waals surface area contributed by atoms with Crippen LogP contribution in [0.15, 0.2) is 0 Å². The van der Waals surface area contributed by atoms with Gasteiger partial charge in [-0.2, -0.15) is 0 Å². The molecule has 1 aliphatic rings. The summed E-state index contributed by atoms with van der Waals surface area (Å²) < 4.78 is 22.2. The molecule has 102 valence electrons. The lowest BCUT2D eigenvalue weighted by atomic mass is 10.0. The molecule has 0 aromatic heterocycles. The van der Waals surface area contributed by atoms with Gasteiger partial charge in [0.1, 0.15) is 9.84 Å². The van der Waals surface area contributed by atoms with E-state index in [1.54, 1.807) is 0 Å². The first-order chi connectivity index (χ1) is 8.03. The highest BCUT2D eigenvalue weighted by Gasteiger charge is 2.21. The van der Waals surface area contributed by atoms with E-state index in [9.17, 15) is 8.42 Å². The van der Waals surface area contributed by atoms with Gasteiger partial charge in [-0.05, 0) is 38.9 Å². The summed E-state index contributed by atoms with van der Waals surface area (Å²) >= 11 is 0. The molecule has 0 amide bonds. The van der Waals surface area contributed by atoms with E-state index in [4.69, 9.17) is 0 Å². The fourth-order valence-electron chi connectivity index (χ4n) is 2.43. The number of hydrogen-bond acceptors (Lipinski definition) is 4. The summed E-state index contributed by atoms with van der Waals surface area (Å²) in [6.45, 7) is 6.21. The van der Waals surface area contributed by atoms with Crippen molar-refractivity contribution in [2.75, 3.05) is 38.2 Å². The number of rotatable bonds is 7. The average Bonchev–Trinajstić information content (AvgIpc) is 2.26. The van der Waals surface area contributed by atoms with Crippen LogP contribution in [0.3, 0.4) is 0 Å². The van der Waals surface area contributed by atoms with Crippen molar-refractivity contribution in [3.8, 4) is 0 Å². The Morgan fingerprint density at radius 2 is 2.12 bits per heavy atom. The minimum absolute atomic E-state index is 0.317. The first-order valence-electron chi connectivity index (χ1n) is 6.65. The summed E-state index contributed by atoms with van der Waals surface area (Å²) in [5.74, 6) is 0.317. The molecule has 0 saturated carbocycles. The Balaban J connectivity index is 2.32. The maximum absolute atomic E-state index is 11.1. The molecule has 17 heavy (non-hydrogen) atoms. The largest absolute Gasteiger partial charge is 0.315 e. The van der Waals surface area contributed by atoms with E-state index in [1.165, 1.54) is 25.5 Å². The number of sulfone groups is 1. The molecule has 1 fully saturated rings. The van der Waals surface area contributed by atoms with Gasteiger partial charge < -0.3 is 5.32 Å². The Morgan fingerprint density at radius 3 is 2.76 bits per heavy atom. The van der Waals surface area contributed by atoms with Gasteiger partial charge in [-0.3, -0.25) is 4.90 Å². The highest BCUT2D eigenvalue weighted by atomic mass is 32.2. The Labute approximate surface area is 106 Å². The molecule has 5 heteroatoms. The van der Waals surface area contributed by atoms with Crippen LogP contribution in [0.5, 0.6) is 0 Å². The number of likely N-dealkylation sites (N-methyl/N-ethyl adjacent to an activating group) is 1. The quantitative estimate of drug-likeness (QED) is 0.740. The third-order valence-corrected chi connectivity index (χ3v) is 4.37. The Morgan fingerprint density at radius 1 is 1.35 bits per heavy atom. The van der Waals surface area contributed by atoms with Gasteiger partial charge in [0, 0.05) is 18.8 Å². The van der Waals surface area contributed by atoms with Gasteiger partial charge in [-0.15, -0.1) is 0 Å². The first-order valence-corrected chi connectivity index (χ1v) is 8.71. The molecule has 0 aromatic rings. The van der Waals surface area contributed by atoms with Crippen LogP contribution >= 0.6 is 0 Å². The molecule has 0 aromatic carbocycles. The van der Waals surface area contributed by atoms with E-state index in [0.717, 1.165) is 32.6 Å². The maximum Gasteiger partial charge on any atom is 0.147 e. The molecule has 1 N–H and O–H groups in total. The Bertz CT molecular complexity index is 304. The smallest absolute Gasteiger partial charge is 0.147 e. The van der Waals surface area contributed by atoms with Crippen molar-refractivity contribution in [1.82, 2.24) is 10.2 Å². The van der Waals surface area contributed by atoms with Crippen LogP contribution < -0.4 is 5.32 Å². The van der Waals surface area contributed by atoms with Gasteiger partial charge in [0.15, 0.2) is 0 Å². The van der Waals surface area contributed by atoms with E-state index in [2.05, 4.69) is 17.1 Å². The van der Waals surface area contributed by atoms with E-state index in [1.807, 2.05) is 0 Å². The normalized spacial score (nSPS) is 22.8. The van der Waals surface area contributed by atoms with Gasteiger partial charge >= 0.3 is 0 Å². The lowest BCUT2D eigenvalue weighted by molar-refractivity contribution is 0.146. The Hall–Kier alpha value is -0.130. The lowest BCUT2D eigenvalue weighted by Crippen LogP contribution is -2.46. The number of nitrogens with zero attached hydrogens (tertiary/aromatic N) is 1. The van der Waals surface area contributed by atoms with E-state index < -0.39 is 9.84 Å². The monoisotopic (exact) mass is 262 g/mol. The second-order valence-electron chi connectivity index (χ2n) is 4.98. The van der Waals surface area contributed by atoms with Crippen molar-refractivity contribution >= 4 is 9.84 Å². The fourth-order valence-corrected chi connectivity index (χ4v) is 3.08. The van der Waals surface area contributed by atoms with Crippen LogP contribution in [-0.4, -0.2) is 57.5 Å². The topological polar surface area (TPSA) is 49.4 Å². The highest BCUT2D eigenvalue weighted by Crippen LogP contribution is 2.16. The zero-order valence-electron chi connectivity index (χ0n) is 11.1. The van der Waals surface area contributed by atoms with Gasteiger partial charge in [0.05, 0.1) is 5.75 Å². The van der Waals surface area contributed by atoms with Crippen molar-refractivity contribution in [1.29, 1.82) is 0 Å². The number of piperidine rings is 1. The molecule has 0 aliphatic carbocycles. The molecule has 1 atom stereocenters. The van der Waals surface area contributed by atoms with Crippen LogP contribution in [0.4, 0.5) is 0 Å². The third-order valence-electron chi connectivity index (χ3n) is 3.34. The lowest BCUT2D eigenvalue weighted by Gasteiger charge is -2.35. The number of likely N-dealkylation sites (tertiary alicyclic amines) is 1. The zero-order chi connectivity index (χ0) is 12.7. The summed E-state index contributed by atoms with van der Waals surface area (Å²) in [5, 5.41) is 3.39. The van der Waals surface area contributed by atoms with Crippen molar-refractivity contribution in [3.05, 3.63) is 0 Å². The standard InChI is InChI=1S/C12H26N2O2S/c1-3-13-11-12-7-4-5-8-14(12)9-6-10-17(2,15)16/h12-13H,3-11H2,1-2H3. The van der Waals surface area contributed by atoms with Crippen LogP contribution in [0.2, 0.25) is 0 Å². The molecule has 1 rings (SSSR count). The van der Waals surface area contributed by atoms with Gasteiger partial charge in [-0.1, -0.05) is 13.3 Å². The minimum atomic E-state index is -2.80. The molecule has 0 bridgehead atoms. The number of hydrogen-bond donors (Lipinski definition) is 1. The van der Waals surface area contributed by atoms with E-state index in [-0.39, 0.29) is 0 Å². The summed E-state index contributed by atoms with van der Waals surface area (Å²) in [6.07, 6.45) is 5.88. The minimum Gasteiger partial charge on any atom is -0.315 e. The van der Waals surface area contributed by atoms with Crippen LogP contribution in [0, 0.1) is 0 Å². The van der Waals surface area contributed by atoms with E-state index >= 15 is 0 Å². The molecule has 4 nitrogen and oxygen atoms in total. The molecule has 1 unspecified atom stereocenters. The average molecular weight is 262 g/mol. The maximum atomic E-state index is 11.1. The van der Waals surface area contributed by atoms with Crippen LogP contribution in [0.1, 0.15) is 32.6 Å². The molecule has 1 aliphatic heterocycles. The van der Waals surface area contributed by atoms with Crippen molar-refractivity contribution in [3.63, 3.8) is 0 Å². The fraction of sp³-hybridized carbons (Fsp3) is 1.00. The molecule has 0 spiro atoms. The third kappa shape index (κ3) is 6.38. The van der Waals surface area contributed by atoms with Gasteiger partial charge in [0.25, 0.3) is 0 Å².